The molecule has 3 nitrogen and oxygen atoms in total. The maximum absolute atomic E-state index is 8.63. The molecule has 1 aromatic carbocycles. The average Bonchev–Trinajstić information content (AvgIpc) is 2.25. The van der Waals surface area contributed by atoms with Crippen LogP contribution >= 0.6 is 0 Å². The number of hydrogen-bond donors (Lipinski definition) is 3. The van der Waals surface area contributed by atoms with Crippen LogP contribution in [0.25, 0.3) is 0 Å². The fourth-order valence-electron chi connectivity index (χ4n) is 0.898. The molecule has 0 spiro atoms. The molecule has 0 unspecified atom stereocenters. The van der Waals surface area contributed by atoms with Crippen LogP contribution in [0, 0.1) is 10.8 Å². The lowest BCUT2D eigenvalue weighted by atomic mass is 10.2. The molecule has 76 valence electrons. The summed E-state index contributed by atoms with van der Waals surface area (Å²) in [4.78, 5) is 0. The second-order valence-corrected chi connectivity index (χ2v) is 2.91. The number of para-hydroxylation sites is 1. The first-order chi connectivity index (χ1) is 7.18. The third-order valence-electron chi connectivity index (χ3n) is 1.64. The summed E-state index contributed by atoms with van der Waals surface area (Å²) >= 11 is 0. The van der Waals surface area contributed by atoms with Crippen LogP contribution in [0.3, 0.4) is 0 Å². The first-order valence-corrected chi connectivity index (χ1v) is 4.46. The Morgan fingerprint density at radius 1 is 0.733 bits per heavy atom. The Kier molecular flexibility index (Phi) is 4.04. The van der Waals surface area contributed by atoms with Crippen LogP contribution in [-0.2, 0) is 0 Å². The molecule has 2 rings (SSSR count). The van der Waals surface area contributed by atoms with Crippen LogP contribution in [0.4, 0.5) is 0 Å². The van der Waals surface area contributed by atoms with Gasteiger partial charge in [0.05, 0.1) is 11.4 Å². The Labute approximate surface area is 88.4 Å². The highest BCUT2D eigenvalue weighted by Gasteiger charge is 1.91. The van der Waals surface area contributed by atoms with Crippen molar-refractivity contribution in [1.82, 2.24) is 0 Å². The van der Waals surface area contributed by atoms with Crippen molar-refractivity contribution in [3.05, 3.63) is 54.6 Å². The van der Waals surface area contributed by atoms with E-state index in [-0.39, 0.29) is 0 Å². The Morgan fingerprint density at radius 3 is 1.40 bits per heavy atom. The van der Waals surface area contributed by atoms with Crippen molar-refractivity contribution < 1.29 is 5.11 Å². The van der Waals surface area contributed by atoms with Crippen LogP contribution in [0.5, 0.6) is 5.75 Å². The first-order valence-electron chi connectivity index (χ1n) is 4.46. The maximum Gasteiger partial charge on any atom is 0.115 e. The highest BCUT2D eigenvalue weighted by molar-refractivity contribution is 6.16. The number of rotatable bonds is 0. The van der Waals surface area contributed by atoms with Gasteiger partial charge in [-0.2, -0.15) is 0 Å². The molecular formula is C12H12N2O. The number of phenols is 1. The molecule has 0 amide bonds. The number of aromatic hydroxyl groups is 1. The van der Waals surface area contributed by atoms with Gasteiger partial charge in [0.1, 0.15) is 5.75 Å². The molecule has 1 aliphatic rings. The van der Waals surface area contributed by atoms with Gasteiger partial charge in [0.25, 0.3) is 0 Å². The number of nitrogens with one attached hydrogen (secondary N) is 2. The van der Waals surface area contributed by atoms with Crippen LogP contribution in [-0.4, -0.2) is 16.5 Å². The molecule has 15 heavy (non-hydrogen) atoms. The zero-order valence-electron chi connectivity index (χ0n) is 8.14. The van der Waals surface area contributed by atoms with Crippen molar-refractivity contribution in [1.29, 1.82) is 10.8 Å². The third-order valence-corrected chi connectivity index (χ3v) is 1.64. The van der Waals surface area contributed by atoms with E-state index in [0.717, 1.165) is 0 Å². The summed E-state index contributed by atoms with van der Waals surface area (Å²) in [6.45, 7) is 0. The summed E-state index contributed by atoms with van der Waals surface area (Å²) in [6, 6.07) is 8.71. The quantitative estimate of drug-likeness (QED) is 0.553. The largest absolute Gasteiger partial charge is 0.508 e. The first kappa shape index (κ1) is 10.9. The molecule has 0 aromatic heterocycles. The molecule has 0 saturated heterocycles. The molecule has 0 fully saturated rings. The Hall–Kier alpha value is -2.16. The van der Waals surface area contributed by atoms with E-state index < -0.39 is 0 Å². The van der Waals surface area contributed by atoms with Gasteiger partial charge in [-0.25, -0.2) is 0 Å². The van der Waals surface area contributed by atoms with Gasteiger partial charge in [-0.05, 0) is 36.4 Å². The van der Waals surface area contributed by atoms with Crippen molar-refractivity contribution in [2.24, 2.45) is 0 Å². The van der Waals surface area contributed by atoms with Crippen LogP contribution in [0.15, 0.2) is 54.6 Å². The van der Waals surface area contributed by atoms with Crippen molar-refractivity contribution >= 4 is 11.4 Å². The lowest BCUT2D eigenvalue weighted by molar-refractivity contribution is 0.475. The summed E-state index contributed by atoms with van der Waals surface area (Å²) in [5.41, 5.74) is 0.919. The predicted molar refractivity (Wildman–Crippen MR) is 61.8 cm³/mol. The Morgan fingerprint density at radius 2 is 1.13 bits per heavy atom. The van der Waals surface area contributed by atoms with Crippen molar-refractivity contribution in [3.63, 3.8) is 0 Å². The molecule has 1 aromatic rings. The van der Waals surface area contributed by atoms with E-state index in [1.807, 2.05) is 6.07 Å². The van der Waals surface area contributed by atoms with Gasteiger partial charge in [-0.3, -0.25) is 0 Å². The van der Waals surface area contributed by atoms with Gasteiger partial charge in [-0.15, -0.1) is 0 Å². The summed E-state index contributed by atoms with van der Waals surface area (Å²) in [7, 11) is 0. The maximum atomic E-state index is 8.63. The van der Waals surface area contributed by atoms with Crippen molar-refractivity contribution in [2.75, 3.05) is 0 Å². The minimum Gasteiger partial charge on any atom is -0.508 e. The monoisotopic (exact) mass is 200 g/mol. The van der Waals surface area contributed by atoms with E-state index in [4.69, 9.17) is 15.9 Å². The molecule has 3 N–H and O–H groups in total. The fourth-order valence-corrected chi connectivity index (χ4v) is 0.898. The molecular weight excluding hydrogens is 188 g/mol. The summed E-state index contributed by atoms with van der Waals surface area (Å²) in [5.74, 6) is 0.322. The lowest BCUT2D eigenvalue weighted by Gasteiger charge is -1.93. The zero-order chi connectivity index (χ0) is 11.1. The van der Waals surface area contributed by atoms with Gasteiger partial charge in [0.15, 0.2) is 0 Å². The molecule has 0 radical (unpaired) electrons. The van der Waals surface area contributed by atoms with Crippen LogP contribution < -0.4 is 0 Å². The van der Waals surface area contributed by atoms with Crippen molar-refractivity contribution in [2.45, 2.75) is 0 Å². The summed E-state index contributed by atoms with van der Waals surface area (Å²) < 4.78 is 0. The van der Waals surface area contributed by atoms with Crippen LogP contribution in [0.2, 0.25) is 0 Å². The molecule has 0 saturated carbocycles. The predicted octanol–water partition coefficient (Wildman–Crippen LogP) is 2.54. The zero-order valence-corrected chi connectivity index (χ0v) is 8.14. The fraction of sp³-hybridized carbons (Fsp3) is 0. The van der Waals surface area contributed by atoms with E-state index in [2.05, 4.69) is 0 Å². The molecule has 3 heteroatoms. The standard InChI is InChI=1S/C6H6N2.C6H6O/c7-5-1-2-6(8)4-3-5;7-6-4-2-1-3-5-6/h1-4,7-8H;1-5,7H. The highest BCUT2D eigenvalue weighted by atomic mass is 16.3. The normalized spacial score (nSPS) is 13.3. The third kappa shape index (κ3) is 4.57. The van der Waals surface area contributed by atoms with Gasteiger partial charge in [-0.1, -0.05) is 18.2 Å². The smallest absolute Gasteiger partial charge is 0.115 e. The number of allylic oxidation sites excluding steroid dienone is 4. The van der Waals surface area contributed by atoms with Crippen molar-refractivity contribution in [3.8, 4) is 5.75 Å². The second kappa shape index (κ2) is 5.54. The topological polar surface area (TPSA) is 67.9 Å². The van der Waals surface area contributed by atoms with E-state index in [1.54, 1.807) is 48.6 Å². The Balaban J connectivity index is 0.000000151. The van der Waals surface area contributed by atoms with Gasteiger partial charge >= 0.3 is 0 Å². The van der Waals surface area contributed by atoms with E-state index in [1.165, 1.54) is 0 Å². The van der Waals surface area contributed by atoms with Crippen LogP contribution in [0.1, 0.15) is 0 Å². The molecule has 0 bridgehead atoms. The van der Waals surface area contributed by atoms with E-state index in [0.29, 0.717) is 17.2 Å². The van der Waals surface area contributed by atoms with E-state index >= 15 is 0 Å². The molecule has 0 aliphatic heterocycles. The molecule has 1 aliphatic carbocycles. The molecule has 0 heterocycles. The van der Waals surface area contributed by atoms with Gasteiger partial charge in [0, 0.05) is 0 Å². The number of phenolic OH excluding ortho intramolecular Hbond substituents is 1. The molecule has 0 atom stereocenters. The minimum atomic E-state index is 0.322. The SMILES string of the molecule is N=C1C=CC(=N)C=C1.Oc1ccccc1. The minimum absolute atomic E-state index is 0.322. The second-order valence-electron chi connectivity index (χ2n) is 2.91. The van der Waals surface area contributed by atoms with Gasteiger partial charge in [0.2, 0.25) is 0 Å². The lowest BCUT2D eigenvalue weighted by Crippen LogP contribution is -1.95. The van der Waals surface area contributed by atoms with Gasteiger partial charge < -0.3 is 15.9 Å². The number of hydrogen-bond acceptors (Lipinski definition) is 3. The average molecular weight is 200 g/mol. The number of benzene rings is 1. The Bertz CT molecular complexity index is 367. The van der Waals surface area contributed by atoms with E-state index in [9.17, 15) is 0 Å². The highest BCUT2D eigenvalue weighted by Crippen LogP contribution is 2.02. The summed E-state index contributed by atoms with van der Waals surface area (Å²) in [5, 5.41) is 22.6. The summed E-state index contributed by atoms with van der Waals surface area (Å²) in [6.07, 6.45) is 6.40.